The maximum atomic E-state index is 12.3. The van der Waals surface area contributed by atoms with Gasteiger partial charge in [0.25, 0.3) is 5.91 Å². The number of carboxylic acid groups (broad SMARTS) is 1. The molecule has 1 aromatic rings. The Morgan fingerprint density at radius 1 is 1.29 bits per heavy atom. The quantitative estimate of drug-likeness (QED) is 0.868. The molecule has 2 rings (SSSR count). The molecule has 5 nitrogen and oxygen atoms in total. The van der Waals surface area contributed by atoms with Crippen LogP contribution in [0.3, 0.4) is 0 Å². The Balaban J connectivity index is 1.91. The molecule has 24 heavy (non-hydrogen) atoms. The van der Waals surface area contributed by atoms with Gasteiger partial charge in [0.2, 0.25) is 0 Å². The topological polar surface area (TPSA) is 75.6 Å². The summed E-state index contributed by atoms with van der Waals surface area (Å²) in [5.41, 5.74) is 1.16. The van der Waals surface area contributed by atoms with Gasteiger partial charge in [-0.1, -0.05) is 32.9 Å². The normalized spacial score (nSPS) is 22.0. The zero-order valence-electron chi connectivity index (χ0n) is 14.8. The average Bonchev–Trinajstić information content (AvgIpc) is 2.95. The van der Waals surface area contributed by atoms with Crippen LogP contribution < -0.4 is 10.1 Å². The predicted octanol–water partition coefficient (Wildman–Crippen LogP) is 3.12. The number of benzene rings is 1. The summed E-state index contributed by atoms with van der Waals surface area (Å²) in [7, 11) is 0. The SMILES string of the molecule is CC(Oc1cccc(C(C)(C)C)c1)C(=O)N[C@@H]1CC[C@H](C(=O)O)C1. The summed E-state index contributed by atoms with van der Waals surface area (Å²) in [6, 6.07) is 7.69. The van der Waals surface area contributed by atoms with Crippen LogP contribution in [0, 0.1) is 5.92 Å². The monoisotopic (exact) mass is 333 g/mol. The maximum absolute atomic E-state index is 12.3. The first-order valence-electron chi connectivity index (χ1n) is 8.47. The van der Waals surface area contributed by atoms with E-state index in [4.69, 9.17) is 9.84 Å². The summed E-state index contributed by atoms with van der Waals surface area (Å²) in [4.78, 5) is 23.3. The molecule has 1 aliphatic rings. The Bertz CT molecular complexity index is 606. The number of carbonyl (C=O) groups excluding carboxylic acids is 1. The van der Waals surface area contributed by atoms with Crippen molar-refractivity contribution in [3.63, 3.8) is 0 Å². The summed E-state index contributed by atoms with van der Waals surface area (Å²) in [6.45, 7) is 8.09. The Kier molecular flexibility index (Phi) is 5.52. The Morgan fingerprint density at radius 3 is 2.58 bits per heavy atom. The van der Waals surface area contributed by atoms with Crippen LogP contribution in [0.2, 0.25) is 0 Å². The van der Waals surface area contributed by atoms with E-state index < -0.39 is 12.1 Å². The first kappa shape index (κ1) is 18.3. The second kappa shape index (κ2) is 7.24. The van der Waals surface area contributed by atoms with Crippen molar-refractivity contribution < 1.29 is 19.4 Å². The lowest BCUT2D eigenvalue weighted by atomic mass is 9.87. The van der Waals surface area contributed by atoms with E-state index in [9.17, 15) is 9.59 Å². The lowest BCUT2D eigenvalue weighted by molar-refractivity contribution is -0.141. The third kappa shape index (κ3) is 4.73. The molecule has 0 heterocycles. The van der Waals surface area contributed by atoms with Crippen LogP contribution in [0.5, 0.6) is 5.75 Å². The van der Waals surface area contributed by atoms with E-state index in [1.807, 2.05) is 24.3 Å². The second-order valence-corrected chi connectivity index (χ2v) is 7.59. The molecule has 0 aliphatic heterocycles. The molecule has 132 valence electrons. The predicted molar refractivity (Wildman–Crippen MR) is 92.1 cm³/mol. The van der Waals surface area contributed by atoms with Gasteiger partial charge in [0.1, 0.15) is 5.75 Å². The fraction of sp³-hybridized carbons (Fsp3) is 0.579. The fourth-order valence-electron chi connectivity index (χ4n) is 2.95. The van der Waals surface area contributed by atoms with Crippen molar-refractivity contribution in [3.8, 4) is 5.75 Å². The molecule has 0 radical (unpaired) electrons. The summed E-state index contributed by atoms with van der Waals surface area (Å²) in [5.74, 6) is -0.669. The van der Waals surface area contributed by atoms with Gasteiger partial charge >= 0.3 is 5.97 Å². The number of hydrogen-bond donors (Lipinski definition) is 2. The average molecular weight is 333 g/mol. The van der Waals surface area contributed by atoms with Crippen LogP contribution in [0.4, 0.5) is 0 Å². The zero-order chi connectivity index (χ0) is 17.9. The molecule has 3 atom stereocenters. The highest BCUT2D eigenvalue weighted by Crippen LogP contribution is 2.27. The molecule has 1 unspecified atom stereocenters. The first-order valence-corrected chi connectivity index (χ1v) is 8.47. The fourth-order valence-corrected chi connectivity index (χ4v) is 2.95. The number of ether oxygens (including phenoxy) is 1. The molecule has 2 N–H and O–H groups in total. The molecule has 5 heteroatoms. The molecular formula is C19H27NO4. The van der Waals surface area contributed by atoms with Gasteiger partial charge in [0.15, 0.2) is 6.10 Å². The lowest BCUT2D eigenvalue weighted by Gasteiger charge is -2.21. The van der Waals surface area contributed by atoms with Crippen molar-refractivity contribution in [1.82, 2.24) is 5.32 Å². The smallest absolute Gasteiger partial charge is 0.306 e. The van der Waals surface area contributed by atoms with Gasteiger partial charge in [-0.25, -0.2) is 0 Å². The van der Waals surface area contributed by atoms with Crippen molar-refractivity contribution in [3.05, 3.63) is 29.8 Å². The van der Waals surface area contributed by atoms with E-state index in [1.165, 1.54) is 0 Å². The minimum Gasteiger partial charge on any atom is -0.481 e. The van der Waals surface area contributed by atoms with Crippen LogP contribution in [0.1, 0.15) is 52.5 Å². The summed E-state index contributed by atoms with van der Waals surface area (Å²) >= 11 is 0. The Hall–Kier alpha value is -2.04. The molecule has 0 saturated heterocycles. The van der Waals surface area contributed by atoms with E-state index in [0.29, 0.717) is 25.0 Å². The Labute approximate surface area is 143 Å². The maximum Gasteiger partial charge on any atom is 0.306 e. The van der Waals surface area contributed by atoms with E-state index >= 15 is 0 Å². The molecular weight excluding hydrogens is 306 g/mol. The van der Waals surface area contributed by atoms with Crippen LogP contribution >= 0.6 is 0 Å². The third-order valence-electron chi connectivity index (χ3n) is 4.51. The minimum atomic E-state index is -0.782. The summed E-state index contributed by atoms with van der Waals surface area (Å²) in [5, 5.41) is 11.9. The van der Waals surface area contributed by atoms with Gasteiger partial charge in [0.05, 0.1) is 5.92 Å². The van der Waals surface area contributed by atoms with Gasteiger partial charge < -0.3 is 15.2 Å². The van der Waals surface area contributed by atoms with Gasteiger partial charge in [-0.05, 0) is 49.3 Å². The lowest BCUT2D eigenvalue weighted by Crippen LogP contribution is -2.41. The number of carboxylic acids is 1. The van der Waals surface area contributed by atoms with Crippen molar-refractivity contribution >= 4 is 11.9 Å². The van der Waals surface area contributed by atoms with E-state index in [2.05, 4.69) is 26.1 Å². The zero-order valence-corrected chi connectivity index (χ0v) is 14.8. The molecule has 0 spiro atoms. The molecule has 0 bridgehead atoms. The molecule has 0 aromatic heterocycles. The first-order chi connectivity index (χ1) is 11.2. The van der Waals surface area contributed by atoms with Gasteiger partial charge in [0, 0.05) is 6.04 Å². The van der Waals surface area contributed by atoms with Gasteiger partial charge in [-0.15, -0.1) is 0 Å². The molecule has 1 saturated carbocycles. The number of carbonyl (C=O) groups is 2. The Morgan fingerprint density at radius 2 is 2.00 bits per heavy atom. The number of amides is 1. The second-order valence-electron chi connectivity index (χ2n) is 7.59. The number of rotatable bonds is 5. The van der Waals surface area contributed by atoms with E-state index in [1.54, 1.807) is 6.92 Å². The molecule has 1 aromatic carbocycles. The van der Waals surface area contributed by atoms with Crippen LogP contribution in [-0.4, -0.2) is 29.1 Å². The number of aliphatic carboxylic acids is 1. The summed E-state index contributed by atoms with van der Waals surface area (Å²) in [6.07, 6.45) is 1.19. The van der Waals surface area contributed by atoms with E-state index in [-0.39, 0.29) is 23.3 Å². The number of hydrogen-bond acceptors (Lipinski definition) is 3. The van der Waals surface area contributed by atoms with Crippen molar-refractivity contribution in [1.29, 1.82) is 0 Å². The van der Waals surface area contributed by atoms with Gasteiger partial charge in [-0.3, -0.25) is 9.59 Å². The van der Waals surface area contributed by atoms with Crippen LogP contribution in [0.25, 0.3) is 0 Å². The highest BCUT2D eigenvalue weighted by molar-refractivity contribution is 5.81. The number of nitrogens with one attached hydrogen (secondary N) is 1. The minimum absolute atomic E-state index is 0.0144. The summed E-state index contributed by atoms with van der Waals surface area (Å²) < 4.78 is 5.77. The highest BCUT2D eigenvalue weighted by atomic mass is 16.5. The van der Waals surface area contributed by atoms with Crippen molar-refractivity contribution in [2.45, 2.75) is 64.5 Å². The van der Waals surface area contributed by atoms with Crippen LogP contribution in [-0.2, 0) is 15.0 Å². The van der Waals surface area contributed by atoms with Crippen molar-refractivity contribution in [2.24, 2.45) is 5.92 Å². The molecule has 1 amide bonds. The third-order valence-corrected chi connectivity index (χ3v) is 4.51. The van der Waals surface area contributed by atoms with E-state index in [0.717, 1.165) is 5.56 Å². The van der Waals surface area contributed by atoms with Gasteiger partial charge in [-0.2, -0.15) is 0 Å². The highest BCUT2D eigenvalue weighted by Gasteiger charge is 2.31. The standard InChI is InChI=1S/C19H27NO4/c1-12(17(21)20-15-9-8-13(10-15)18(22)23)24-16-7-5-6-14(11-16)19(2,3)4/h5-7,11-13,15H,8-10H2,1-4H3,(H,20,21)(H,22,23)/t12?,13-,15+/m0/s1. The molecule has 1 fully saturated rings. The largest absolute Gasteiger partial charge is 0.481 e. The van der Waals surface area contributed by atoms with Crippen LogP contribution in [0.15, 0.2) is 24.3 Å². The molecule has 1 aliphatic carbocycles. The van der Waals surface area contributed by atoms with Crippen molar-refractivity contribution in [2.75, 3.05) is 0 Å².